The second kappa shape index (κ2) is 7.24. The molecule has 0 aromatic rings. The topological polar surface area (TPSA) is 15.3 Å². The molecule has 1 aliphatic heterocycles. The summed E-state index contributed by atoms with van der Waals surface area (Å²) in [6, 6.07) is 0.534. The SMILES string of the molecule is [CH2]C(CCCCCCC)N1CCNC1. The maximum Gasteiger partial charge on any atom is 0.0484 e. The Balaban J connectivity index is 1.94. The minimum Gasteiger partial charge on any atom is -0.303 e. The van der Waals surface area contributed by atoms with Gasteiger partial charge in [-0.05, 0) is 13.3 Å². The maximum absolute atomic E-state index is 4.22. The predicted molar refractivity (Wildman–Crippen MR) is 62.1 cm³/mol. The van der Waals surface area contributed by atoms with E-state index in [1.807, 2.05) is 0 Å². The summed E-state index contributed by atoms with van der Waals surface area (Å²) < 4.78 is 0. The molecule has 1 atom stereocenters. The van der Waals surface area contributed by atoms with Crippen molar-refractivity contribution in [2.75, 3.05) is 19.8 Å². The number of nitrogens with zero attached hydrogens (tertiary/aromatic N) is 1. The van der Waals surface area contributed by atoms with E-state index in [1.165, 1.54) is 45.1 Å². The molecule has 0 aromatic carbocycles. The van der Waals surface area contributed by atoms with Crippen molar-refractivity contribution in [1.29, 1.82) is 0 Å². The van der Waals surface area contributed by atoms with Crippen molar-refractivity contribution in [3.05, 3.63) is 6.92 Å². The molecule has 0 spiro atoms. The lowest BCUT2D eigenvalue weighted by Gasteiger charge is -2.22. The van der Waals surface area contributed by atoms with E-state index in [0.29, 0.717) is 6.04 Å². The minimum atomic E-state index is 0.534. The summed E-state index contributed by atoms with van der Waals surface area (Å²) in [4.78, 5) is 2.44. The molecule has 14 heavy (non-hydrogen) atoms. The molecule has 2 nitrogen and oxygen atoms in total. The highest BCUT2D eigenvalue weighted by molar-refractivity contribution is 4.77. The van der Waals surface area contributed by atoms with E-state index in [4.69, 9.17) is 0 Å². The third-order valence-corrected chi connectivity index (χ3v) is 3.05. The summed E-state index contributed by atoms with van der Waals surface area (Å²) in [6.07, 6.45) is 8.15. The van der Waals surface area contributed by atoms with Crippen LogP contribution in [0.5, 0.6) is 0 Å². The standard InChI is InChI=1S/C12H25N2/c1-3-4-5-6-7-8-12(2)14-10-9-13-11-14/h12-13H,2-11H2,1H3. The van der Waals surface area contributed by atoms with Crippen LogP contribution in [0.3, 0.4) is 0 Å². The molecule has 83 valence electrons. The molecule has 0 amide bonds. The monoisotopic (exact) mass is 197 g/mol. The van der Waals surface area contributed by atoms with Crippen LogP contribution in [0.25, 0.3) is 0 Å². The van der Waals surface area contributed by atoms with Crippen molar-refractivity contribution in [2.24, 2.45) is 0 Å². The van der Waals surface area contributed by atoms with Gasteiger partial charge in [-0.1, -0.05) is 39.0 Å². The Morgan fingerprint density at radius 1 is 1.29 bits per heavy atom. The average molecular weight is 197 g/mol. The first-order chi connectivity index (χ1) is 6.84. The van der Waals surface area contributed by atoms with Crippen molar-refractivity contribution < 1.29 is 0 Å². The number of rotatable bonds is 7. The Bertz CT molecular complexity index is 130. The number of hydrogen-bond donors (Lipinski definition) is 1. The van der Waals surface area contributed by atoms with E-state index < -0.39 is 0 Å². The van der Waals surface area contributed by atoms with Gasteiger partial charge < -0.3 is 5.32 Å². The van der Waals surface area contributed by atoms with Crippen molar-refractivity contribution in [1.82, 2.24) is 10.2 Å². The van der Waals surface area contributed by atoms with Crippen LogP contribution >= 0.6 is 0 Å². The molecular formula is C12H25N2. The quantitative estimate of drug-likeness (QED) is 0.631. The van der Waals surface area contributed by atoms with Gasteiger partial charge in [-0.2, -0.15) is 0 Å². The highest BCUT2D eigenvalue weighted by Crippen LogP contribution is 2.11. The fourth-order valence-corrected chi connectivity index (χ4v) is 2.00. The van der Waals surface area contributed by atoms with Gasteiger partial charge in [0.25, 0.3) is 0 Å². The Labute approximate surface area is 89.1 Å². The largest absolute Gasteiger partial charge is 0.303 e. The van der Waals surface area contributed by atoms with Gasteiger partial charge in [0.2, 0.25) is 0 Å². The molecule has 0 aromatic heterocycles. The Hall–Kier alpha value is -0.0800. The molecule has 1 heterocycles. The normalized spacial score (nSPS) is 20.1. The van der Waals surface area contributed by atoms with Gasteiger partial charge in [0.05, 0.1) is 0 Å². The van der Waals surface area contributed by atoms with E-state index in [-0.39, 0.29) is 0 Å². The maximum atomic E-state index is 4.22. The predicted octanol–water partition coefficient (Wildman–Crippen LogP) is 2.41. The summed E-state index contributed by atoms with van der Waals surface area (Å²) in [5.74, 6) is 0. The molecule has 1 unspecified atom stereocenters. The molecule has 0 bridgehead atoms. The van der Waals surface area contributed by atoms with Crippen LogP contribution < -0.4 is 5.32 Å². The zero-order valence-corrected chi connectivity index (χ0v) is 9.60. The Morgan fingerprint density at radius 3 is 2.71 bits per heavy atom. The van der Waals surface area contributed by atoms with Crippen LogP contribution in [0.2, 0.25) is 0 Å². The lowest BCUT2D eigenvalue weighted by Crippen LogP contribution is -2.31. The lowest BCUT2D eigenvalue weighted by molar-refractivity contribution is 0.261. The second-order valence-corrected chi connectivity index (χ2v) is 4.33. The lowest BCUT2D eigenvalue weighted by atomic mass is 10.1. The summed E-state index contributed by atoms with van der Waals surface area (Å²) in [6.45, 7) is 9.86. The Kier molecular flexibility index (Phi) is 6.20. The fraction of sp³-hybridized carbons (Fsp3) is 0.917. The van der Waals surface area contributed by atoms with E-state index in [2.05, 4.69) is 24.1 Å². The Morgan fingerprint density at radius 2 is 2.07 bits per heavy atom. The number of nitrogens with one attached hydrogen (secondary N) is 1. The van der Waals surface area contributed by atoms with Crippen LogP contribution in [0.1, 0.15) is 45.4 Å². The minimum absolute atomic E-state index is 0.534. The third-order valence-electron chi connectivity index (χ3n) is 3.05. The molecule has 0 aliphatic carbocycles. The van der Waals surface area contributed by atoms with Crippen molar-refractivity contribution >= 4 is 0 Å². The highest BCUT2D eigenvalue weighted by Gasteiger charge is 2.16. The molecule has 1 radical (unpaired) electrons. The van der Waals surface area contributed by atoms with Gasteiger partial charge in [0, 0.05) is 25.8 Å². The molecular weight excluding hydrogens is 172 g/mol. The van der Waals surface area contributed by atoms with Crippen LogP contribution in [0, 0.1) is 6.92 Å². The highest BCUT2D eigenvalue weighted by atomic mass is 15.3. The number of unbranched alkanes of at least 4 members (excludes halogenated alkanes) is 4. The fourth-order valence-electron chi connectivity index (χ4n) is 2.00. The summed E-state index contributed by atoms with van der Waals surface area (Å²) in [5, 5.41) is 3.35. The van der Waals surface area contributed by atoms with Gasteiger partial charge >= 0.3 is 0 Å². The zero-order chi connectivity index (χ0) is 10.2. The summed E-state index contributed by atoms with van der Waals surface area (Å²) in [5.41, 5.74) is 0. The van der Waals surface area contributed by atoms with Gasteiger partial charge in [-0.3, -0.25) is 4.90 Å². The second-order valence-electron chi connectivity index (χ2n) is 4.33. The van der Waals surface area contributed by atoms with Crippen LogP contribution in [0.15, 0.2) is 0 Å². The average Bonchev–Trinajstić information content (AvgIpc) is 2.70. The van der Waals surface area contributed by atoms with Gasteiger partial charge in [0.15, 0.2) is 0 Å². The molecule has 1 aliphatic rings. The van der Waals surface area contributed by atoms with Crippen molar-refractivity contribution in [3.63, 3.8) is 0 Å². The third kappa shape index (κ3) is 4.43. The van der Waals surface area contributed by atoms with E-state index in [0.717, 1.165) is 13.2 Å². The molecule has 2 heteroatoms. The molecule has 1 N–H and O–H groups in total. The van der Waals surface area contributed by atoms with Crippen LogP contribution in [-0.2, 0) is 0 Å². The van der Waals surface area contributed by atoms with Crippen LogP contribution in [-0.4, -0.2) is 30.7 Å². The first-order valence-corrected chi connectivity index (χ1v) is 6.12. The number of hydrogen-bond acceptors (Lipinski definition) is 2. The smallest absolute Gasteiger partial charge is 0.0484 e. The molecule has 1 fully saturated rings. The van der Waals surface area contributed by atoms with E-state index in [9.17, 15) is 0 Å². The van der Waals surface area contributed by atoms with Crippen molar-refractivity contribution in [3.8, 4) is 0 Å². The molecule has 1 rings (SSSR count). The van der Waals surface area contributed by atoms with Crippen molar-refractivity contribution in [2.45, 2.75) is 51.5 Å². The van der Waals surface area contributed by atoms with Gasteiger partial charge in [-0.25, -0.2) is 0 Å². The van der Waals surface area contributed by atoms with E-state index in [1.54, 1.807) is 0 Å². The van der Waals surface area contributed by atoms with E-state index >= 15 is 0 Å². The van der Waals surface area contributed by atoms with Gasteiger partial charge in [-0.15, -0.1) is 0 Å². The first kappa shape index (κ1) is 12.0. The summed E-state index contributed by atoms with van der Waals surface area (Å²) in [7, 11) is 0. The van der Waals surface area contributed by atoms with Gasteiger partial charge in [0.1, 0.15) is 0 Å². The molecule has 1 saturated heterocycles. The summed E-state index contributed by atoms with van der Waals surface area (Å²) >= 11 is 0. The van der Waals surface area contributed by atoms with Crippen LogP contribution in [0.4, 0.5) is 0 Å². The zero-order valence-electron chi connectivity index (χ0n) is 9.60. The molecule has 0 saturated carbocycles. The first-order valence-electron chi connectivity index (χ1n) is 6.12.